The van der Waals surface area contributed by atoms with Crippen molar-refractivity contribution in [1.82, 2.24) is 0 Å². The summed E-state index contributed by atoms with van der Waals surface area (Å²) in [5, 5.41) is 0. The van der Waals surface area contributed by atoms with Crippen LogP contribution in [0.5, 0.6) is 0 Å². The quantitative estimate of drug-likeness (QED) is 0.232. The second kappa shape index (κ2) is 27.9. The van der Waals surface area contributed by atoms with Gasteiger partial charge in [-0.05, 0) is 0 Å². The van der Waals surface area contributed by atoms with Crippen LogP contribution in [0.15, 0.2) is 0 Å². The molecule has 0 aromatic carbocycles. The largest absolute Gasteiger partial charge is 1.00 e. The summed E-state index contributed by atoms with van der Waals surface area (Å²) in [7, 11) is -10.3. The summed E-state index contributed by atoms with van der Waals surface area (Å²) in [5.41, 5.74) is 0. The maximum Gasteiger partial charge on any atom is 1.00 e. The second-order valence-electron chi connectivity index (χ2n) is 0.816. The summed E-state index contributed by atoms with van der Waals surface area (Å²) in [5.74, 6) is 0. The van der Waals surface area contributed by atoms with Crippen LogP contribution in [0.3, 0.4) is 0 Å². The zero-order valence-electron chi connectivity index (χ0n) is 9.58. The molecule has 6 N–H and O–H groups in total. The van der Waals surface area contributed by atoms with Crippen LogP contribution in [0.4, 0.5) is 0 Å². The Morgan fingerprint density at radius 1 is 0.471 bits per heavy atom. The van der Waals surface area contributed by atoms with E-state index in [4.69, 9.17) is 35.0 Å². The van der Waals surface area contributed by atoms with Gasteiger partial charge in [0.25, 0.3) is 0 Å². The second-order valence-corrected chi connectivity index (χ2v) is 2.45. The van der Waals surface area contributed by atoms with Gasteiger partial charge in [0.1, 0.15) is 0 Å². The maximum atomic E-state index is 8.52. The van der Waals surface area contributed by atoms with Gasteiger partial charge < -0.3 is 34.6 Å². The van der Waals surface area contributed by atoms with Crippen LogP contribution in [0, 0.1) is 0 Å². The fourth-order valence-electron chi connectivity index (χ4n) is 0. The minimum atomic E-state index is -5.17. The summed E-state index contributed by atoms with van der Waals surface area (Å²) in [6.45, 7) is 0. The molecule has 0 fully saturated rings. The van der Waals surface area contributed by atoms with Crippen LogP contribution in [-0.2, 0) is 20.8 Å². The summed E-state index contributed by atoms with van der Waals surface area (Å²) in [6, 6.07) is 0. The van der Waals surface area contributed by atoms with Crippen LogP contribution < -0.4 is 118 Å². The van der Waals surface area contributed by atoms with Gasteiger partial charge in [-0.15, -0.1) is 0 Å². The van der Waals surface area contributed by atoms with E-state index in [2.05, 4.69) is 0 Å². The van der Waals surface area contributed by atoms with E-state index in [0.717, 1.165) is 0 Å². The van der Waals surface area contributed by atoms with Crippen LogP contribution in [-0.4, -0.2) is 51.5 Å². The molecule has 11 nitrogen and oxygen atoms in total. The Hall–Kier alpha value is 3.62. The zero-order valence-corrected chi connectivity index (χ0v) is 19.2. The third-order valence-corrected chi connectivity index (χ3v) is 0. The molecule has 0 saturated heterocycles. The predicted molar refractivity (Wildman–Crippen MR) is 31.8 cm³/mol. The average molecular weight is 338 g/mol. The maximum absolute atomic E-state index is 8.52. The third kappa shape index (κ3) is 465. The van der Waals surface area contributed by atoms with Gasteiger partial charge in [0.05, 0.1) is 0 Å². The Bertz CT molecular complexity index is 218. The summed E-state index contributed by atoms with van der Waals surface area (Å²) in [6.07, 6.45) is 0. The van der Waals surface area contributed by atoms with Crippen molar-refractivity contribution >= 4 is 20.8 Å². The molecule has 0 aromatic heterocycles. The molecular weight excluding hydrogens is 332 g/mol. The summed E-state index contributed by atoms with van der Waals surface area (Å²) >= 11 is 0. The van der Waals surface area contributed by atoms with Crippen molar-refractivity contribution < 1.29 is 170 Å². The van der Waals surface area contributed by atoms with Crippen LogP contribution in [0.2, 0.25) is 0 Å². The minimum absolute atomic E-state index is 0. The molecule has 0 radical (unpaired) electrons. The van der Waals surface area contributed by atoms with E-state index in [9.17, 15) is 0 Å². The van der Waals surface area contributed by atoms with Crippen molar-refractivity contribution in [3.63, 3.8) is 0 Å². The Labute approximate surface area is 187 Å². The van der Waals surface area contributed by atoms with E-state index in [1.807, 2.05) is 0 Å². The number of rotatable bonds is 0. The normalized spacial score (nSPS) is 6.82. The molecule has 88 valence electrons. The Morgan fingerprint density at radius 2 is 0.471 bits per heavy atom. The molecule has 0 aliphatic rings. The molecule has 0 bridgehead atoms. The molecule has 0 atom stereocenters. The molecule has 0 rings (SSSR count). The Balaban J connectivity index is -0.00000000762. The molecular formula is H6Na4O11S2. The molecule has 0 aliphatic carbocycles. The fraction of sp³-hybridized carbons (Fsp3) is 0. The van der Waals surface area contributed by atoms with Crippen molar-refractivity contribution in [3.05, 3.63) is 0 Å². The van der Waals surface area contributed by atoms with E-state index < -0.39 is 20.8 Å². The van der Waals surface area contributed by atoms with Gasteiger partial charge in [-0.1, -0.05) is 0 Å². The Morgan fingerprint density at radius 3 is 0.471 bits per heavy atom. The monoisotopic (exact) mass is 338 g/mol. The molecule has 0 heterocycles. The minimum Gasteiger partial charge on any atom is -0.759 e. The van der Waals surface area contributed by atoms with E-state index >= 15 is 0 Å². The van der Waals surface area contributed by atoms with Gasteiger partial charge >= 0.3 is 118 Å². The first-order valence-corrected chi connectivity index (χ1v) is 4.00. The van der Waals surface area contributed by atoms with Crippen molar-refractivity contribution in [3.8, 4) is 0 Å². The van der Waals surface area contributed by atoms with Gasteiger partial charge in [0, 0.05) is 20.8 Å². The van der Waals surface area contributed by atoms with Gasteiger partial charge in [-0.2, -0.15) is 0 Å². The van der Waals surface area contributed by atoms with E-state index in [-0.39, 0.29) is 135 Å². The number of hydrogen-bond donors (Lipinski definition) is 0. The zero-order chi connectivity index (χ0) is 9.00. The third-order valence-electron chi connectivity index (χ3n) is 0. The predicted octanol–water partition coefficient (Wildman–Crippen LogP) is -17.1. The molecule has 17 heavy (non-hydrogen) atoms. The number of hydrogen-bond acceptors (Lipinski definition) is 8. The summed E-state index contributed by atoms with van der Waals surface area (Å²) in [4.78, 5) is 0. The van der Waals surface area contributed by atoms with Crippen LogP contribution in [0.1, 0.15) is 0 Å². The molecule has 0 saturated carbocycles. The van der Waals surface area contributed by atoms with Gasteiger partial charge in [0.2, 0.25) is 0 Å². The standard InChI is InChI=1S/4Na.2H2O4S.3H2O/c;;;;2*1-5(2,3)4;;;/h;;;;2*(H2,1,2,3,4);3*1H2/q4*+1;;;;;/p-4. The molecule has 0 spiro atoms. The van der Waals surface area contributed by atoms with Gasteiger partial charge in [-0.25, -0.2) is 0 Å². The first kappa shape index (κ1) is 58.8. The van der Waals surface area contributed by atoms with Crippen molar-refractivity contribution in [2.75, 3.05) is 0 Å². The van der Waals surface area contributed by atoms with E-state index in [1.54, 1.807) is 0 Å². The van der Waals surface area contributed by atoms with Gasteiger partial charge in [-0.3, -0.25) is 16.8 Å². The fourth-order valence-corrected chi connectivity index (χ4v) is 0. The summed E-state index contributed by atoms with van der Waals surface area (Å²) < 4.78 is 68.2. The molecule has 0 aromatic rings. The average Bonchev–Trinajstić information content (AvgIpc) is 1.12. The van der Waals surface area contributed by atoms with Crippen molar-refractivity contribution in [2.24, 2.45) is 0 Å². The first-order chi connectivity index (χ1) is 4.00. The smallest absolute Gasteiger partial charge is 0.759 e. The SMILES string of the molecule is O.O.O.O=S(=O)([O-])[O-].O=S(=O)([O-])[O-].[Na+].[Na+].[Na+].[Na+]. The van der Waals surface area contributed by atoms with E-state index in [1.165, 1.54) is 0 Å². The molecule has 0 amide bonds. The molecule has 0 unspecified atom stereocenters. The topological polar surface area (TPSA) is 255 Å². The van der Waals surface area contributed by atoms with Gasteiger partial charge in [0.15, 0.2) is 0 Å². The Kier molecular flexibility index (Phi) is 96.4. The molecule has 17 heteroatoms. The molecule has 0 aliphatic heterocycles. The van der Waals surface area contributed by atoms with Crippen molar-refractivity contribution in [2.45, 2.75) is 0 Å². The first-order valence-electron chi connectivity index (χ1n) is 1.33. The van der Waals surface area contributed by atoms with Crippen LogP contribution in [0.25, 0.3) is 0 Å². The van der Waals surface area contributed by atoms with Crippen molar-refractivity contribution in [1.29, 1.82) is 0 Å². The van der Waals surface area contributed by atoms with Crippen LogP contribution >= 0.6 is 0 Å². The van der Waals surface area contributed by atoms with E-state index in [0.29, 0.717) is 0 Å².